The van der Waals surface area contributed by atoms with E-state index in [0.29, 0.717) is 0 Å². The Morgan fingerprint density at radius 1 is 1.69 bits per heavy atom. The molecule has 1 atom stereocenters. The summed E-state index contributed by atoms with van der Waals surface area (Å²) in [5.74, 6) is 0.906. The summed E-state index contributed by atoms with van der Waals surface area (Å²) < 4.78 is 1.20. The van der Waals surface area contributed by atoms with Gasteiger partial charge in [-0.05, 0) is 41.3 Å². The molecule has 1 aliphatic rings. The third-order valence-corrected chi connectivity index (χ3v) is 5.22. The number of aryl methyl sites for hydroxylation is 1. The average Bonchev–Trinajstić information content (AvgIpc) is 2.81. The summed E-state index contributed by atoms with van der Waals surface area (Å²) in [6.07, 6.45) is 3.93. The van der Waals surface area contributed by atoms with E-state index >= 15 is 0 Å². The average molecular weight is 280 g/mol. The van der Waals surface area contributed by atoms with E-state index in [2.05, 4.69) is 28.9 Å². The van der Waals surface area contributed by atoms with Gasteiger partial charge in [-0.3, -0.25) is 0 Å². The lowest BCUT2D eigenvalue weighted by Crippen LogP contribution is -1.87. The Kier molecular flexibility index (Phi) is 3.01. The van der Waals surface area contributed by atoms with Crippen LogP contribution in [0.2, 0.25) is 0 Å². The van der Waals surface area contributed by atoms with E-state index in [-0.39, 0.29) is 5.38 Å². The van der Waals surface area contributed by atoms with Crippen LogP contribution in [-0.4, -0.2) is 0 Å². The van der Waals surface area contributed by atoms with Gasteiger partial charge in [-0.15, -0.1) is 22.9 Å². The lowest BCUT2D eigenvalue weighted by molar-refractivity contribution is 0.713. The molecule has 1 saturated carbocycles. The number of hydrogen-bond donors (Lipinski definition) is 0. The van der Waals surface area contributed by atoms with E-state index in [4.69, 9.17) is 11.6 Å². The number of rotatable bonds is 3. The van der Waals surface area contributed by atoms with Crippen LogP contribution in [0.1, 0.15) is 34.4 Å². The van der Waals surface area contributed by atoms with Crippen molar-refractivity contribution in [1.82, 2.24) is 0 Å². The molecule has 0 aromatic carbocycles. The summed E-state index contributed by atoms with van der Waals surface area (Å²) in [6.45, 7) is 2.12. The Bertz CT molecular complexity index is 284. The molecule has 1 aliphatic carbocycles. The van der Waals surface area contributed by atoms with Gasteiger partial charge in [0.15, 0.2) is 0 Å². The molecule has 0 N–H and O–H groups in total. The maximum atomic E-state index is 6.32. The molecule has 1 heterocycles. The maximum absolute atomic E-state index is 6.32. The van der Waals surface area contributed by atoms with Crippen LogP contribution in [0.5, 0.6) is 0 Å². The third-order valence-electron chi connectivity index (χ3n) is 2.42. The monoisotopic (exact) mass is 278 g/mol. The molecule has 0 aliphatic heterocycles. The normalized spacial score (nSPS) is 19.0. The van der Waals surface area contributed by atoms with Crippen LogP contribution in [0.4, 0.5) is 0 Å². The Balaban J connectivity index is 2.05. The minimum atomic E-state index is 0.238. The predicted octanol–water partition coefficient (Wildman–Crippen LogP) is 4.90. The smallest absolute Gasteiger partial charge is 0.0681 e. The van der Waals surface area contributed by atoms with Crippen molar-refractivity contribution in [3.05, 3.63) is 20.3 Å². The minimum absolute atomic E-state index is 0.238. The molecule has 1 aromatic rings. The summed E-state index contributed by atoms with van der Waals surface area (Å²) in [6, 6.07) is 2.17. The zero-order valence-corrected chi connectivity index (χ0v) is 10.7. The van der Waals surface area contributed by atoms with E-state index < -0.39 is 0 Å². The predicted molar refractivity (Wildman–Crippen MR) is 62.7 cm³/mol. The molecular formula is C10H12BrClS. The number of thiophene rings is 1. The van der Waals surface area contributed by atoms with Crippen LogP contribution < -0.4 is 0 Å². The quantitative estimate of drug-likeness (QED) is 0.690. The largest absolute Gasteiger partial charge is 0.143 e. The molecular weight excluding hydrogens is 268 g/mol. The van der Waals surface area contributed by atoms with Crippen molar-refractivity contribution in [2.24, 2.45) is 5.92 Å². The van der Waals surface area contributed by atoms with Crippen LogP contribution in [-0.2, 0) is 0 Å². The highest BCUT2D eigenvalue weighted by Gasteiger charge is 2.26. The molecule has 3 heteroatoms. The zero-order valence-electron chi connectivity index (χ0n) is 7.52. The van der Waals surface area contributed by atoms with E-state index in [1.54, 1.807) is 0 Å². The van der Waals surface area contributed by atoms with Crippen molar-refractivity contribution < 1.29 is 0 Å². The topological polar surface area (TPSA) is 0 Å². The van der Waals surface area contributed by atoms with Gasteiger partial charge in [-0.2, -0.15) is 0 Å². The summed E-state index contributed by atoms with van der Waals surface area (Å²) in [4.78, 5) is 2.65. The van der Waals surface area contributed by atoms with E-state index in [9.17, 15) is 0 Å². The first-order valence-corrected chi connectivity index (χ1v) is 6.61. The van der Waals surface area contributed by atoms with Gasteiger partial charge < -0.3 is 0 Å². The first kappa shape index (κ1) is 10.0. The van der Waals surface area contributed by atoms with Gasteiger partial charge in [0.1, 0.15) is 0 Å². The fourth-order valence-electron chi connectivity index (χ4n) is 1.40. The van der Waals surface area contributed by atoms with Crippen molar-refractivity contribution in [3.63, 3.8) is 0 Å². The molecule has 13 heavy (non-hydrogen) atoms. The molecule has 1 fully saturated rings. The van der Waals surface area contributed by atoms with Gasteiger partial charge in [0, 0.05) is 14.2 Å². The second-order valence-electron chi connectivity index (χ2n) is 3.70. The molecule has 0 spiro atoms. The lowest BCUT2D eigenvalue weighted by atomic mass is 10.2. The molecule has 1 aromatic heterocycles. The number of alkyl halides is 1. The van der Waals surface area contributed by atoms with Gasteiger partial charge in [-0.25, -0.2) is 0 Å². The van der Waals surface area contributed by atoms with Gasteiger partial charge in [0.05, 0.1) is 5.38 Å². The van der Waals surface area contributed by atoms with Crippen molar-refractivity contribution >= 4 is 38.9 Å². The van der Waals surface area contributed by atoms with Gasteiger partial charge in [0.2, 0.25) is 0 Å². The maximum Gasteiger partial charge on any atom is 0.0681 e. The fraction of sp³-hybridized carbons (Fsp3) is 0.600. The van der Waals surface area contributed by atoms with Crippen molar-refractivity contribution in [1.29, 1.82) is 0 Å². The Morgan fingerprint density at radius 2 is 2.38 bits per heavy atom. The first-order chi connectivity index (χ1) is 6.16. The van der Waals surface area contributed by atoms with Crippen LogP contribution >= 0.6 is 38.9 Å². The highest BCUT2D eigenvalue weighted by molar-refractivity contribution is 9.10. The lowest BCUT2D eigenvalue weighted by Gasteiger charge is -2.04. The minimum Gasteiger partial charge on any atom is -0.143 e. The van der Waals surface area contributed by atoms with E-state index in [0.717, 1.165) is 12.3 Å². The molecule has 1 unspecified atom stereocenters. The number of hydrogen-bond acceptors (Lipinski definition) is 1. The van der Waals surface area contributed by atoms with Crippen molar-refractivity contribution in [2.45, 2.75) is 31.6 Å². The Hall–Kier alpha value is 0.470. The highest BCUT2D eigenvalue weighted by atomic mass is 79.9. The van der Waals surface area contributed by atoms with Crippen LogP contribution in [0.3, 0.4) is 0 Å². The Morgan fingerprint density at radius 3 is 2.85 bits per heavy atom. The third kappa shape index (κ3) is 2.48. The van der Waals surface area contributed by atoms with Crippen molar-refractivity contribution in [2.75, 3.05) is 0 Å². The van der Waals surface area contributed by atoms with Gasteiger partial charge in [0.25, 0.3) is 0 Å². The van der Waals surface area contributed by atoms with E-state index in [1.807, 2.05) is 11.3 Å². The second kappa shape index (κ2) is 3.92. The fourth-order valence-corrected chi connectivity index (χ4v) is 3.40. The molecule has 0 radical (unpaired) electrons. The van der Waals surface area contributed by atoms with Crippen LogP contribution in [0, 0.1) is 12.8 Å². The molecule has 0 bridgehead atoms. The molecule has 0 amide bonds. The standard InChI is InChI=1S/C10H12BrClS/c1-6-8(11)5-10(13-6)9(12)4-7-2-3-7/h5,7,9H,2-4H2,1H3. The summed E-state index contributed by atoms with van der Waals surface area (Å²) in [7, 11) is 0. The van der Waals surface area contributed by atoms with Gasteiger partial charge >= 0.3 is 0 Å². The molecule has 0 saturated heterocycles. The second-order valence-corrected chi connectivity index (χ2v) is 6.37. The van der Waals surface area contributed by atoms with Crippen molar-refractivity contribution in [3.8, 4) is 0 Å². The molecule has 72 valence electrons. The van der Waals surface area contributed by atoms with Gasteiger partial charge in [-0.1, -0.05) is 12.8 Å². The Labute approximate surface area is 96.4 Å². The molecule has 0 nitrogen and oxygen atoms in total. The summed E-state index contributed by atoms with van der Waals surface area (Å²) in [5.41, 5.74) is 0. The zero-order chi connectivity index (χ0) is 9.42. The van der Waals surface area contributed by atoms with Crippen LogP contribution in [0.25, 0.3) is 0 Å². The number of halogens is 2. The summed E-state index contributed by atoms with van der Waals surface area (Å²) >= 11 is 11.6. The summed E-state index contributed by atoms with van der Waals surface area (Å²) in [5, 5.41) is 0.238. The molecule has 2 rings (SSSR count). The highest BCUT2D eigenvalue weighted by Crippen LogP contribution is 2.43. The first-order valence-electron chi connectivity index (χ1n) is 4.56. The van der Waals surface area contributed by atoms with E-state index in [1.165, 1.54) is 27.1 Å². The SMILES string of the molecule is Cc1sc(C(Cl)CC2CC2)cc1Br. The van der Waals surface area contributed by atoms with Crippen LogP contribution in [0.15, 0.2) is 10.5 Å².